The number of imide groups is 1. The molecule has 1 aromatic rings. The molecule has 1 aliphatic rings. The monoisotopic (exact) mass is 415 g/mol. The van der Waals surface area contributed by atoms with Crippen molar-refractivity contribution in [1.82, 2.24) is 10.6 Å². The average Bonchev–Trinajstić information content (AvgIpc) is 3.03. The van der Waals surface area contributed by atoms with Gasteiger partial charge in [0.2, 0.25) is 17.7 Å². The van der Waals surface area contributed by atoms with Gasteiger partial charge in [-0.05, 0) is 30.2 Å². The van der Waals surface area contributed by atoms with Crippen LogP contribution in [-0.4, -0.2) is 48.7 Å². The van der Waals surface area contributed by atoms with Crippen LogP contribution in [0.4, 0.5) is 11.4 Å². The second-order valence-corrected chi connectivity index (χ2v) is 6.99. The Morgan fingerprint density at radius 1 is 1.00 bits per heavy atom. The minimum absolute atomic E-state index is 0.109. The molecule has 5 amide bonds. The van der Waals surface area contributed by atoms with Gasteiger partial charge in [-0.3, -0.25) is 24.0 Å². The lowest BCUT2D eigenvalue weighted by Crippen LogP contribution is -2.51. The van der Waals surface area contributed by atoms with Crippen molar-refractivity contribution in [1.29, 1.82) is 0 Å². The Labute approximate surface area is 173 Å². The highest BCUT2D eigenvalue weighted by Gasteiger charge is 2.25. The van der Waals surface area contributed by atoms with Gasteiger partial charge in [0.05, 0.1) is 12.2 Å². The quantitative estimate of drug-likeness (QED) is 0.405. The van der Waals surface area contributed by atoms with Gasteiger partial charge in [-0.1, -0.05) is 13.8 Å². The number of hydrogen-bond acceptors (Lipinski definition) is 6. The van der Waals surface area contributed by atoms with Crippen molar-refractivity contribution in [3.05, 3.63) is 36.4 Å². The van der Waals surface area contributed by atoms with Gasteiger partial charge >= 0.3 is 0 Å². The van der Waals surface area contributed by atoms with Crippen LogP contribution in [0.25, 0.3) is 0 Å². The molecule has 10 heteroatoms. The van der Waals surface area contributed by atoms with E-state index in [0.29, 0.717) is 11.4 Å². The van der Waals surface area contributed by atoms with E-state index in [9.17, 15) is 24.0 Å². The summed E-state index contributed by atoms with van der Waals surface area (Å²) < 4.78 is 0. The lowest BCUT2D eigenvalue weighted by molar-refractivity contribution is -0.130. The Morgan fingerprint density at radius 2 is 1.60 bits per heavy atom. The molecule has 0 aromatic heterocycles. The molecule has 0 spiro atoms. The molecule has 0 saturated carbocycles. The molecule has 1 aromatic carbocycles. The van der Waals surface area contributed by atoms with Gasteiger partial charge in [0.25, 0.3) is 11.8 Å². The number of hydrogen-bond donors (Lipinski definition) is 4. The first-order chi connectivity index (χ1) is 14.2. The van der Waals surface area contributed by atoms with Crippen LogP contribution < -0.4 is 26.6 Å². The van der Waals surface area contributed by atoms with Crippen LogP contribution in [0.1, 0.15) is 20.3 Å². The van der Waals surface area contributed by atoms with Gasteiger partial charge in [0, 0.05) is 30.8 Å². The van der Waals surface area contributed by atoms with Crippen molar-refractivity contribution in [3.8, 4) is 0 Å². The van der Waals surface area contributed by atoms with E-state index in [2.05, 4.69) is 16.0 Å². The van der Waals surface area contributed by atoms with Crippen molar-refractivity contribution in [2.75, 3.05) is 23.3 Å². The van der Waals surface area contributed by atoms with Gasteiger partial charge in [0.15, 0.2) is 0 Å². The van der Waals surface area contributed by atoms with E-state index in [1.165, 1.54) is 36.4 Å². The molecule has 0 saturated heterocycles. The molecule has 1 unspecified atom stereocenters. The number of nitrogens with one attached hydrogen (secondary N) is 3. The number of benzene rings is 1. The fourth-order valence-corrected chi connectivity index (χ4v) is 2.74. The van der Waals surface area contributed by atoms with E-state index in [4.69, 9.17) is 5.73 Å². The highest BCUT2D eigenvalue weighted by molar-refractivity contribution is 6.28. The van der Waals surface area contributed by atoms with Crippen molar-refractivity contribution < 1.29 is 24.0 Å². The molecule has 0 fully saturated rings. The number of nitrogens with zero attached hydrogens (tertiary/aromatic N) is 1. The smallest absolute Gasteiger partial charge is 0.258 e. The molecule has 0 bridgehead atoms. The van der Waals surface area contributed by atoms with Gasteiger partial charge in [0.1, 0.15) is 6.04 Å². The number of carbonyl (C=O) groups excluding carboxylic acids is 5. The molecule has 5 N–H and O–H groups in total. The summed E-state index contributed by atoms with van der Waals surface area (Å²) in [5.41, 5.74) is 6.15. The van der Waals surface area contributed by atoms with E-state index >= 15 is 0 Å². The summed E-state index contributed by atoms with van der Waals surface area (Å²) in [6.07, 6.45) is 2.48. The number of rotatable bonds is 9. The average molecular weight is 415 g/mol. The van der Waals surface area contributed by atoms with Gasteiger partial charge in [-0.2, -0.15) is 0 Å². The Hall–Kier alpha value is -3.53. The van der Waals surface area contributed by atoms with Crippen LogP contribution in [0.5, 0.6) is 0 Å². The van der Waals surface area contributed by atoms with Gasteiger partial charge in [-0.25, -0.2) is 4.90 Å². The maximum atomic E-state index is 12.3. The predicted octanol–water partition coefficient (Wildman–Crippen LogP) is -0.340. The van der Waals surface area contributed by atoms with Gasteiger partial charge in [-0.15, -0.1) is 0 Å². The lowest BCUT2D eigenvalue weighted by Gasteiger charge is -2.21. The Kier molecular flexibility index (Phi) is 7.82. The SMILES string of the molecule is CC(C)C(NC(=O)CCN)C(=O)NCC(=O)Nc1ccc(N2C(=O)C=CC2=O)cc1. The van der Waals surface area contributed by atoms with Crippen molar-refractivity contribution in [3.63, 3.8) is 0 Å². The zero-order valence-corrected chi connectivity index (χ0v) is 16.8. The largest absolute Gasteiger partial charge is 0.345 e. The third-order valence-corrected chi connectivity index (χ3v) is 4.28. The van der Waals surface area contributed by atoms with Crippen LogP contribution >= 0.6 is 0 Å². The first-order valence-corrected chi connectivity index (χ1v) is 9.46. The second-order valence-electron chi connectivity index (χ2n) is 6.99. The zero-order valence-electron chi connectivity index (χ0n) is 16.8. The maximum absolute atomic E-state index is 12.3. The number of amides is 5. The predicted molar refractivity (Wildman–Crippen MR) is 110 cm³/mol. The van der Waals surface area contributed by atoms with Crippen molar-refractivity contribution in [2.45, 2.75) is 26.3 Å². The molecule has 0 radical (unpaired) electrons. The third-order valence-electron chi connectivity index (χ3n) is 4.28. The molecule has 30 heavy (non-hydrogen) atoms. The highest BCUT2D eigenvalue weighted by Crippen LogP contribution is 2.21. The molecule has 2 rings (SSSR count). The van der Waals surface area contributed by atoms with E-state index in [0.717, 1.165) is 4.90 Å². The minimum atomic E-state index is -0.778. The minimum Gasteiger partial charge on any atom is -0.345 e. The molecule has 160 valence electrons. The molecular formula is C20H25N5O5. The van der Waals surface area contributed by atoms with Gasteiger partial charge < -0.3 is 21.7 Å². The van der Waals surface area contributed by atoms with Crippen LogP contribution in [0.2, 0.25) is 0 Å². The van der Waals surface area contributed by atoms with Crippen LogP contribution in [0, 0.1) is 5.92 Å². The standard InChI is InChI=1S/C20H25N5O5/c1-12(2)19(24-15(26)9-10-21)20(30)22-11-16(27)23-13-3-5-14(6-4-13)25-17(28)7-8-18(25)29/h3-8,12,19H,9-11,21H2,1-2H3,(H,22,30)(H,23,27)(H,24,26). The summed E-state index contributed by atoms with van der Waals surface area (Å²) in [7, 11) is 0. The topological polar surface area (TPSA) is 151 Å². The van der Waals surface area contributed by atoms with Crippen molar-refractivity contribution in [2.24, 2.45) is 11.7 Å². The number of carbonyl (C=O) groups is 5. The summed E-state index contributed by atoms with van der Waals surface area (Å²) in [4.78, 5) is 60.5. The molecule has 10 nitrogen and oxygen atoms in total. The first kappa shape index (κ1) is 22.8. The summed E-state index contributed by atoms with van der Waals surface area (Å²) in [5.74, 6) is -2.31. The molecular weight excluding hydrogens is 390 g/mol. The zero-order chi connectivity index (χ0) is 22.3. The summed E-state index contributed by atoms with van der Waals surface area (Å²) >= 11 is 0. The molecule has 1 atom stereocenters. The van der Waals surface area contributed by atoms with E-state index < -0.39 is 29.7 Å². The van der Waals surface area contributed by atoms with Crippen LogP contribution in [-0.2, 0) is 24.0 Å². The normalized spacial score (nSPS) is 14.1. The lowest BCUT2D eigenvalue weighted by atomic mass is 10.0. The summed E-state index contributed by atoms with van der Waals surface area (Å²) in [6, 6.07) is 5.35. The first-order valence-electron chi connectivity index (χ1n) is 9.46. The third kappa shape index (κ3) is 5.98. The van der Waals surface area contributed by atoms with E-state index in [1.807, 2.05) is 0 Å². The second kappa shape index (κ2) is 10.3. The Bertz CT molecular complexity index is 845. The van der Waals surface area contributed by atoms with Crippen LogP contribution in [0.15, 0.2) is 36.4 Å². The summed E-state index contributed by atoms with van der Waals surface area (Å²) in [6.45, 7) is 3.44. The van der Waals surface area contributed by atoms with Crippen molar-refractivity contribution >= 4 is 40.9 Å². The van der Waals surface area contributed by atoms with E-state index in [-0.39, 0.29) is 31.3 Å². The maximum Gasteiger partial charge on any atom is 0.258 e. The highest BCUT2D eigenvalue weighted by atomic mass is 16.2. The fraction of sp³-hybridized carbons (Fsp3) is 0.350. The molecule has 0 aliphatic carbocycles. The Morgan fingerprint density at radius 3 is 2.13 bits per heavy atom. The fourth-order valence-electron chi connectivity index (χ4n) is 2.74. The molecule has 1 aliphatic heterocycles. The number of anilines is 2. The van der Waals surface area contributed by atoms with E-state index in [1.54, 1.807) is 13.8 Å². The molecule has 1 heterocycles. The Balaban J connectivity index is 1.87. The summed E-state index contributed by atoms with van der Waals surface area (Å²) in [5, 5.41) is 7.70. The number of nitrogens with two attached hydrogens (primary N) is 1. The van der Waals surface area contributed by atoms with Crippen LogP contribution in [0.3, 0.4) is 0 Å².